The quantitative estimate of drug-likeness (QED) is 0.872. The highest BCUT2D eigenvalue weighted by atomic mass is 16.2. The number of piperidine rings is 1. The Bertz CT molecular complexity index is 724. The number of para-hydroxylation sites is 1. The summed E-state index contributed by atoms with van der Waals surface area (Å²) in [5.74, 6) is -0.318. The molecule has 5 heteroatoms. The van der Waals surface area contributed by atoms with E-state index in [0.717, 1.165) is 38.0 Å². The summed E-state index contributed by atoms with van der Waals surface area (Å²) in [6, 6.07) is 14.4. The number of benzene rings is 1. The Morgan fingerprint density at radius 3 is 2.29 bits per heavy atom. The van der Waals surface area contributed by atoms with Crippen LogP contribution in [0, 0.1) is 0 Å². The van der Waals surface area contributed by atoms with E-state index in [2.05, 4.69) is 4.98 Å². The second-order valence-corrected chi connectivity index (χ2v) is 5.96. The fourth-order valence-corrected chi connectivity index (χ4v) is 2.87. The van der Waals surface area contributed by atoms with Crippen LogP contribution < -0.4 is 4.90 Å². The summed E-state index contributed by atoms with van der Waals surface area (Å²) in [7, 11) is 1.71. The fourth-order valence-electron chi connectivity index (χ4n) is 2.87. The molecule has 24 heavy (non-hydrogen) atoms. The van der Waals surface area contributed by atoms with Gasteiger partial charge in [0, 0.05) is 25.8 Å². The monoisotopic (exact) mass is 323 g/mol. The van der Waals surface area contributed by atoms with E-state index in [1.165, 1.54) is 4.90 Å². The van der Waals surface area contributed by atoms with Gasteiger partial charge in [0.2, 0.25) is 0 Å². The lowest BCUT2D eigenvalue weighted by atomic mass is 10.1. The van der Waals surface area contributed by atoms with Crippen molar-refractivity contribution in [1.82, 2.24) is 9.88 Å². The number of hydrogen-bond donors (Lipinski definition) is 0. The van der Waals surface area contributed by atoms with Crippen molar-refractivity contribution in [2.24, 2.45) is 0 Å². The van der Waals surface area contributed by atoms with Crippen LogP contribution in [0.3, 0.4) is 0 Å². The van der Waals surface area contributed by atoms with Gasteiger partial charge < -0.3 is 9.80 Å². The van der Waals surface area contributed by atoms with Crippen molar-refractivity contribution >= 4 is 17.5 Å². The number of anilines is 1. The highest BCUT2D eigenvalue weighted by molar-refractivity contribution is 6.05. The number of carbonyl (C=O) groups is 2. The van der Waals surface area contributed by atoms with Gasteiger partial charge in [-0.3, -0.25) is 9.59 Å². The molecule has 1 fully saturated rings. The summed E-state index contributed by atoms with van der Waals surface area (Å²) in [4.78, 5) is 32.9. The van der Waals surface area contributed by atoms with Crippen LogP contribution in [0.5, 0.6) is 0 Å². The first kappa shape index (κ1) is 16.2. The van der Waals surface area contributed by atoms with Gasteiger partial charge in [0.15, 0.2) is 0 Å². The van der Waals surface area contributed by atoms with Crippen LogP contribution in [-0.2, 0) is 0 Å². The largest absolute Gasteiger partial charge is 0.337 e. The molecule has 0 unspecified atom stereocenters. The van der Waals surface area contributed by atoms with Gasteiger partial charge in [0.25, 0.3) is 11.8 Å². The van der Waals surface area contributed by atoms with E-state index in [4.69, 9.17) is 0 Å². The zero-order valence-corrected chi connectivity index (χ0v) is 13.8. The first-order chi connectivity index (χ1) is 11.7. The topological polar surface area (TPSA) is 53.5 Å². The van der Waals surface area contributed by atoms with Crippen LogP contribution in [-0.4, -0.2) is 41.8 Å². The van der Waals surface area contributed by atoms with Gasteiger partial charge in [0.05, 0.1) is 0 Å². The number of aromatic nitrogens is 1. The average Bonchev–Trinajstić information content (AvgIpc) is 2.67. The predicted octanol–water partition coefficient (Wildman–Crippen LogP) is 2.98. The van der Waals surface area contributed by atoms with E-state index in [1.54, 1.807) is 25.2 Å². The van der Waals surface area contributed by atoms with E-state index >= 15 is 0 Å². The van der Waals surface area contributed by atoms with Gasteiger partial charge in [0.1, 0.15) is 11.4 Å². The molecule has 0 spiro atoms. The van der Waals surface area contributed by atoms with Crippen LogP contribution in [0.25, 0.3) is 0 Å². The SMILES string of the molecule is CN(C(=O)c1cccc(C(=O)N2CCCCC2)n1)c1ccccc1. The smallest absolute Gasteiger partial charge is 0.276 e. The molecule has 1 aliphatic rings. The molecule has 0 bridgehead atoms. The Labute approximate surface area is 141 Å². The molecule has 2 aromatic rings. The standard InChI is InChI=1S/C19H21N3O2/c1-21(15-9-4-2-5-10-15)18(23)16-11-8-12-17(20-16)19(24)22-13-6-3-7-14-22/h2,4-5,8-12H,3,6-7,13-14H2,1H3. The molecule has 0 aliphatic carbocycles. The lowest BCUT2D eigenvalue weighted by Gasteiger charge is -2.26. The Balaban J connectivity index is 1.79. The number of rotatable bonds is 3. The molecule has 1 aliphatic heterocycles. The lowest BCUT2D eigenvalue weighted by Crippen LogP contribution is -2.36. The van der Waals surface area contributed by atoms with Crippen molar-refractivity contribution in [3.05, 3.63) is 59.9 Å². The molecule has 2 heterocycles. The minimum Gasteiger partial charge on any atom is -0.337 e. The van der Waals surface area contributed by atoms with Gasteiger partial charge >= 0.3 is 0 Å². The Kier molecular flexibility index (Phi) is 4.89. The minimum atomic E-state index is -0.227. The zero-order chi connectivity index (χ0) is 16.9. The van der Waals surface area contributed by atoms with Crippen molar-refractivity contribution in [3.63, 3.8) is 0 Å². The molecule has 3 rings (SSSR count). The molecule has 1 saturated heterocycles. The second-order valence-electron chi connectivity index (χ2n) is 5.96. The number of amides is 2. The van der Waals surface area contributed by atoms with Gasteiger partial charge in [-0.1, -0.05) is 24.3 Å². The van der Waals surface area contributed by atoms with Gasteiger partial charge in [-0.2, -0.15) is 0 Å². The van der Waals surface area contributed by atoms with Crippen LogP contribution in [0.4, 0.5) is 5.69 Å². The molecule has 124 valence electrons. The number of pyridine rings is 1. The van der Waals surface area contributed by atoms with Crippen LogP contribution >= 0.6 is 0 Å². The third-order valence-corrected chi connectivity index (χ3v) is 4.28. The van der Waals surface area contributed by atoms with Crippen molar-refractivity contribution in [2.45, 2.75) is 19.3 Å². The highest BCUT2D eigenvalue weighted by Gasteiger charge is 2.21. The molecule has 0 saturated carbocycles. The van der Waals surface area contributed by atoms with E-state index in [1.807, 2.05) is 35.2 Å². The number of likely N-dealkylation sites (tertiary alicyclic amines) is 1. The third-order valence-electron chi connectivity index (χ3n) is 4.28. The van der Waals surface area contributed by atoms with Crippen molar-refractivity contribution < 1.29 is 9.59 Å². The van der Waals surface area contributed by atoms with Crippen molar-refractivity contribution in [3.8, 4) is 0 Å². The number of nitrogens with zero attached hydrogens (tertiary/aromatic N) is 3. The number of hydrogen-bond acceptors (Lipinski definition) is 3. The van der Waals surface area contributed by atoms with Gasteiger partial charge in [-0.05, 0) is 43.5 Å². The minimum absolute atomic E-state index is 0.0910. The first-order valence-corrected chi connectivity index (χ1v) is 8.26. The molecule has 0 radical (unpaired) electrons. The molecule has 2 amide bonds. The Morgan fingerprint density at radius 2 is 1.58 bits per heavy atom. The molecular formula is C19H21N3O2. The Hall–Kier alpha value is -2.69. The van der Waals surface area contributed by atoms with Crippen LogP contribution in [0.2, 0.25) is 0 Å². The second kappa shape index (κ2) is 7.25. The molecule has 1 aromatic carbocycles. The summed E-state index contributed by atoms with van der Waals surface area (Å²) in [6.45, 7) is 1.53. The van der Waals surface area contributed by atoms with Crippen molar-refractivity contribution in [1.29, 1.82) is 0 Å². The molecule has 5 nitrogen and oxygen atoms in total. The van der Waals surface area contributed by atoms with Gasteiger partial charge in [-0.25, -0.2) is 4.98 Å². The summed E-state index contributed by atoms with van der Waals surface area (Å²) < 4.78 is 0. The summed E-state index contributed by atoms with van der Waals surface area (Å²) in [5.41, 5.74) is 1.41. The van der Waals surface area contributed by atoms with E-state index in [9.17, 15) is 9.59 Å². The maximum Gasteiger partial charge on any atom is 0.276 e. The first-order valence-electron chi connectivity index (χ1n) is 8.26. The van der Waals surface area contributed by atoms with Crippen LogP contribution in [0.1, 0.15) is 40.2 Å². The number of carbonyl (C=O) groups excluding carboxylic acids is 2. The molecule has 0 atom stereocenters. The Morgan fingerprint density at radius 1 is 0.917 bits per heavy atom. The predicted molar refractivity (Wildman–Crippen MR) is 93.2 cm³/mol. The van der Waals surface area contributed by atoms with Gasteiger partial charge in [-0.15, -0.1) is 0 Å². The maximum atomic E-state index is 12.6. The fraction of sp³-hybridized carbons (Fsp3) is 0.316. The third kappa shape index (κ3) is 3.45. The summed E-state index contributed by atoms with van der Waals surface area (Å²) >= 11 is 0. The average molecular weight is 323 g/mol. The van der Waals surface area contributed by atoms with E-state index < -0.39 is 0 Å². The van der Waals surface area contributed by atoms with E-state index in [-0.39, 0.29) is 17.5 Å². The molecular weight excluding hydrogens is 302 g/mol. The summed E-state index contributed by atoms with van der Waals surface area (Å²) in [5, 5.41) is 0. The lowest BCUT2D eigenvalue weighted by molar-refractivity contribution is 0.0718. The van der Waals surface area contributed by atoms with Crippen LogP contribution in [0.15, 0.2) is 48.5 Å². The zero-order valence-electron chi connectivity index (χ0n) is 13.8. The van der Waals surface area contributed by atoms with Crippen molar-refractivity contribution in [2.75, 3.05) is 25.0 Å². The van der Waals surface area contributed by atoms with E-state index in [0.29, 0.717) is 5.69 Å². The molecule has 1 aromatic heterocycles. The highest BCUT2D eigenvalue weighted by Crippen LogP contribution is 2.16. The maximum absolute atomic E-state index is 12.6. The summed E-state index contributed by atoms with van der Waals surface area (Å²) in [6.07, 6.45) is 3.22. The molecule has 0 N–H and O–H groups in total. The normalized spacial score (nSPS) is 14.3.